The Morgan fingerprint density at radius 2 is 1.83 bits per heavy atom. The second-order valence-electron chi connectivity index (χ2n) is 4.87. The molecule has 23 heavy (non-hydrogen) atoms. The largest absolute Gasteiger partial charge is 0.493 e. The van der Waals surface area contributed by atoms with E-state index in [0.717, 1.165) is 15.6 Å². The predicted molar refractivity (Wildman–Crippen MR) is 92.8 cm³/mol. The SMILES string of the molecule is COc1ccc(CC(=O)Oc2c(C)cc(Br)cc2Cl)cc1OC. The first-order valence-corrected chi connectivity index (χ1v) is 7.99. The third-order valence-corrected chi connectivity index (χ3v) is 3.94. The zero-order chi connectivity index (χ0) is 17.0. The van der Waals surface area contributed by atoms with Gasteiger partial charge in [0.15, 0.2) is 17.2 Å². The maximum Gasteiger partial charge on any atom is 0.315 e. The molecule has 0 saturated carbocycles. The molecule has 0 bridgehead atoms. The normalized spacial score (nSPS) is 10.3. The molecule has 0 radical (unpaired) electrons. The molecule has 0 unspecified atom stereocenters. The van der Waals surface area contributed by atoms with Crippen LogP contribution in [0.2, 0.25) is 5.02 Å². The molecule has 122 valence electrons. The highest BCUT2D eigenvalue weighted by molar-refractivity contribution is 9.10. The van der Waals surface area contributed by atoms with Gasteiger partial charge in [-0.15, -0.1) is 0 Å². The minimum absolute atomic E-state index is 0.103. The fraction of sp³-hybridized carbons (Fsp3) is 0.235. The van der Waals surface area contributed by atoms with Crippen molar-refractivity contribution in [3.05, 3.63) is 51.0 Å². The van der Waals surface area contributed by atoms with Gasteiger partial charge in [0.1, 0.15) is 0 Å². The van der Waals surface area contributed by atoms with E-state index in [2.05, 4.69) is 15.9 Å². The lowest BCUT2D eigenvalue weighted by atomic mass is 10.1. The van der Waals surface area contributed by atoms with Crippen LogP contribution >= 0.6 is 27.5 Å². The van der Waals surface area contributed by atoms with Crippen LogP contribution < -0.4 is 14.2 Å². The van der Waals surface area contributed by atoms with Crippen molar-refractivity contribution in [2.24, 2.45) is 0 Å². The highest BCUT2D eigenvalue weighted by Gasteiger charge is 2.14. The van der Waals surface area contributed by atoms with Gasteiger partial charge in [0.25, 0.3) is 0 Å². The van der Waals surface area contributed by atoms with Crippen molar-refractivity contribution in [2.75, 3.05) is 14.2 Å². The maximum atomic E-state index is 12.2. The van der Waals surface area contributed by atoms with Gasteiger partial charge in [-0.05, 0) is 42.3 Å². The molecule has 0 amide bonds. The lowest BCUT2D eigenvalue weighted by Crippen LogP contribution is -2.12. The fourth-order valence-corrected chi connectivity index (χ4v) is 3.13. The third-order valence-electron chi connectivity index (χ3n) is 3.21. The minimum Gasteiger partial charge on any atom is -0.493 e. The molecule has 2 rings (SSSR count). The second-order valence-corrected chi connectivity index (χ2v) is 6.20. The number of hydrogen-bond donors (Lipinski definition) is 0. The molecule has 4 nitrogen and oxygen atoms in total. The predicted octanol–water partition coefficient (Wildman–Crippen LogP) is 4.58. The number of esters is 1. The number of halogens is 2. The van der Waals surface area contributed by atoms with Crippen LogP contribution in [0, 0.1) is 6.92 Å². The minimum atomic E-state index is -0.399. The van der Waals surface area contributed by atoms with Gasteiger partial charge in [-0.3, -0.25) is 4.79 Å². The average Bonchev–Trinajstić information content (AvgIpc) is 2.50. The van der Waals surface area contributed by atoms with Crippen LogP contribution in [0.5, 0.6) is 17.2 Å². The quantitative estimate of drug-likeness (QED) is 0.545. The molecule has 0 aliphatic heterocycles. The third kappa shape index (κ3) is 4.39. The van der Waals surface area contributed by atoms with E-state index in [1.54, 1.807) is 38.5 Å². The lowest BCUT2D eigenvalue weighted by molar-refractivity contribution is -0.133. The summed E-state index contributed by atoms with van der Waals surface area (Å²) < 4.78 is 16.6. The fourth-order valence-electron chi connectivity index (χ4n) is 2.13. The van der Waals surface area contributed by atoms with Crippen LogP contribution in [-0.2, 0) is 11.2 Å². The first kappa shape index (κ1) is 17.6. The van der Waals surface area contributed by atoms with E-state index < -0.39 is 5.97 Å². The summed E-state index contributed by atoms with van der Waals surface area (Å²) in [5, 5.41) is 0.387. The summed E-state index contributed by atoms with van der Waals surface area (Å²) >= 11 is 9.47. The zero-order valence-corrected chi connectivity index (χ0v) is 15.3. The molecule has 0 spiro atoms. The van der Waals surface area contributed by atoms with Gasteiger partial charge >= 0.3 is 5.97 Å². The molecule has 0 fully saturated rings. The van der Waals surface area contributed by atoms with Crippen molar-refractivity contribution in [1.82, 2.24) is 0 Å². The molecular weight excluding hydrogens is 384 g/mol. The zero-order valence-electron chi connectivity index (χ0n) is 13.0. The highest BCUT2D eigenvalue weighted by Crippen LogP contribution is 2.32. The Bertz CT molecular complexity index is 708. The molecule has 0 aliphatic rings. The van der Waals surface area contributed by atoms with E-state index in [1.807, 2.05) is 13.0 Å². The summed E-state index contributed by atoms with van der Waals surface area (Å²) in [6.45, 7) is 1.83. The van der Waals surface area contributed by atoms with Crippen LogP contribution in [0.1, 0.15) is 11.1 Å². The summed E-state index contributed by atoms with van der Waals surface area (Å²) in [4.78, 5) is 12.2. The van der Waals surface area contributed by atoms with Crippen molar-refractivity contribution in [1.29, 1.82) is 0 Å². The summed E-state index contributed by atoms with van der Waals surface area (Å²) in [5.41, 5.74) is 1.54. The number of ether oxygens (including phenoxy) is 3. The van der Waals surface area contributed by atoms with Crippen LogP contribution in [-0.4, -0.2) is 20.2 Å². The van der Waals surface area contributed by atoms with Gasteiger partial charge in [0.05, 0.1) is 25.7 Å². The molecular formula is C17H16BrClO4. The van der Waals surface area contributed by atoms with Gasteiger partial charge in [0.2, 0.25) is 0 Å². The molecule has 2 aromatic rings. The number of carbonyl (C=O) groups excluding carboxylic acids is 1. The van der Waals surface area contributed by atoms with Gasteiger partial charge in [-0.25, -0.2) is 0 Å². The number of benzene rings is 2. The smallest absolute Gasteiger partial charge is 0.315 e. The van der Waals surface area contributed by atoms with E-state index >= 15 is 0 Å². The summed E-state index contributed by atoms with van der Waals surface area (Å²) in [6, 6.07) is 8.81. The van der Waals surface area contributed by atoms with Crippen LogP contribution in [0.3, 0.4) is 0 Å². The molecule has 0 atom stereocenters. The van der Waals surface area contributed by atoms with Crippen molar-refractivity contribution in [3.63, 3.8) is 0 Å². The molecule has 0 aromatic heterocycles. The van der Waals surface area contributed by atoms with Gasteiger partial charge in [-0.1, -0.05) is 33.6 Å². The molecule has 0 N–H and O–H groups in total. The van der Waals surface area contributed by atoms with Crippen LogP contribution in [0.4, 0.5) is 0 Å². The van der Waals surface area contributed by atoms with E-state index in [4.69, 9.17) is 25.8 Å². The Hall–Kier alpha value is -1.72. The molecule has 2 aromatic carbocycles. The number of aryl methyl sites for hydroxylation is 1. The lowest BCUT2D eigenvalue weighted by Gasteiger charge is -2.11. The van der Waals surface area contributed by atoms with Crippen molar-refractivity contribution in [2.45, 2.75) is 13.3 Å². The summed E-state index contributed by atoms with van der Waals surface area (Å²) in [6.07, 6.45) is 0.103. The number of hydrogen-bond acceptors (Lipinski definition) is 4. The molecule has 0 aliphatic carbocycles. The van der Waals surface area contributed by atoms with Gasteiger partial charge in [0, 0.05) is 4.47 Å². The van der Waals surface area contributed by atoms with Gasteiger partial charge in [-0.2, -0.15) is 0 Å². The number of methoxy groups -OCH3 is 2. The monoisotopic (exact) mass is 398 g/mol. The first-order chi connectivity index (χ1) is 10.9. The van der Waals surface area contributed by atoms with E-state index in [-0.39, 0.29) is 6.42 Å². The topological polar surface area (TPSA) is 44.8 Å². The maximum absolute atomic E-state index is 12.2. The van der Waals surface area contributed by atoms with Crippen LogP contribution in [0.15, 0.2) is 34.8 Å². The Labute approximate surface area is 148 Å². The van der Waals surface area contributed by atoms with Crippen molar-refractivity contribution < 1.29 is 19.0 Å². The van der Waals surface area contributed by atoms with E-state index in [1.165, 1.54) is 0 Å². The first-order valence-electron chi connectivity index (χ1n) is 6.81. The van der Waals surface area contributed by atoms with E-state index in [0.29, 0.717) is 22.3 Å². The Kier molecular flexibility index (Phi) is 5.91. The Balaban J connectivity index is 2.14. The number of carbonyl (C=O) groups is 1. The van der Waals surface area contributed by atoms with Crippen molar-refractivity contribution >= 4 is 33.5 Å². The average molecular weight is 400 g/mol. The molecule has 0 heterocycles. The highest BCUT2D eigenvalue weighted by atomic mass is 79.9. The summed E-state index contributed by atoms with van der Waals surface area (Å²) in [5.74, 6) is 1.15. The molecule has 6 heteroatoms. The van der Waals surface area contributed by atoms with Crippen LogP contribution in [0.25, 0.3) is 0 Å². The number of rotatable bonds is 5. The van der Waals surface area contributed by atoms with Gasteiger partial charge < -0.3 is 14.2 Å². The second kappa shape index (κ2) is 7.70. The molecule has 0 saturated heterocycles. The van der Waals surface area contributed by atoms with E-state index in [9.17, 15) is 4.79 Å². The Morgan fingerprint density at radius 1 is 1.13 bits per heavy atom. The summed E-state index contributed by atoms with van der Waals surface area (Å²) in [7, 11) is 3.11. The van der Waals surface area contributed by atoms with Crippen molar-refractivity contribution in [3.8, 4) is 17.2 Å². The standard InChI is InChI=1S/C17H16BrClO4/c1-10-6-12(18)9-13(19)17(10)23-16(20)8-11-4-5-14(21-2)15(7-11)22-3/h4-7,9H,8H2,1-3H3. The Morgan fingerprint density at radius 3 is 2.43 bits per heavy atom.